The Kier molecular flexibility index (Phi) is 2.76. The zero-order valence-electron chi connectivity index (χ0n) is 10.0. The number of allylic oxidation sites excluding steroid dienone is 1. The Labute approximate surface area is 99.4 Å². The quantitative estimate of drug-likeness (QED) is 0.778. The number of pyridine rings is 1. The van der Waals surface area contributed by atoms with Crippen LogP contribution in [0, 0.1) is 13.8 Å². The van der Waals surface area contributed by atoms with Crippen LogP contribution < -0.4 is 5.56 Å². The molecule has 2 N–H and O–H groups in total. The fourth-order valence-corrected chi connectivity index (χ4v) is 2.16. The molecule has 88 valence electrons. The van der Waals surface area contributed by atoms with E-state index in [1.54, 1.807) is 12.1 Å². The van der Waals surface area contributed by atoms with Gasteiger partial charge in [-0.1, -0.05) is 6.08 Å². The van der Waals surface area contributed by atoms with E-state index in [1.807, 2.05) is 13.8 Å². The van der Waals surface area contributed by atoms with Gasteiger partial charge in [-0.15, -0.1) is 6.58 Å². The van der Waals surface area contributed by atoms with Crippen molar-refractivity contribution in [2.75, 3.05) is 0 Å². The highest BCUT2D eigenvalue weighted by Crippen LogP contribution is 2.33. The second-order valence-corrected chi connectivity index (χ2v) is 4.18. The first-order valence-electron chi connectivity index (χ1n) is 5.51. The normalized spacial score (nSPS) is 10.7. The number of H-pyrrole nitrogens is 1. The number of hydrogen-bond acceptors (Lipinski definition) is 2. The smallest absolute Gasteiger partial charge is 0.248 e. The number of benzene rings is 1. The van der Waals surface area contributed by atoms with Gasteiger partial charge in [0.2, 0.25) is 5.56 Å². The number of hydrogen-bond donors (Lipinski definition) is 2. The molecule has 3 heteroatoms. The van der Waals surface area contributed by atoms with Crippen LogP contribution >= 0.6 is 0 Å². The number of aromatic nitrogens is 1. The summed E-state index contributed by atoms with van der Waals surface area (Å²) < 4.78 is 0. The first-order chi connectivity index (χ1) is 8.06. The van der Waals surface area contributed by atoms with Crippen LogP contribution in [0.25, 0.3) is 10.9 Å². The van der Waals surface area contributed by atoms with E-state index in [0.29, 0.717) is 12.2 Å². The number of aromatic amines is 1. The standard InChI is InChI=1S/C14H15NO2/c1-4-5-11-8(2)13-10(9(3)14(11)17)6-7-12(16)15-13/h4,6-7,17H,1,5H2,2-3H3,(H,15,16). The number of aromatic hydroxyl groups is 1. The van der Waals surface area contributed by atoms with Crippen LogP contribution in [0.1, 0.15) is 16.7 Å². The highest BCUT2D eigenvalue weighted by molar-refractivity contribution is 5.88. The van der Waals surface area contributed by atoms with Gasteiger partial charge >= 0.3 is 0 Å². The first-order valence-corrected chi connectivity index (χ1v) is 5.51. The number of phenols is 1. The van der Waals surface area contributed by atoms with Crippen LogP contribution in [-0.4, -0.2) is 10.1 Å². The van der Waals surface area contributed by atoms with E-state index in [9.17, 15) is 9.90 Å². The predicted octanol–water partition coefficient (Wildman–Crippen LogP) is 2.58. The zero-order chi connectivity index (χ0) is 12.6. The number of rotatable bonds is 2. The Morgan fingerprint density at radius 2 is 2.06 bits per heavy atom. The SMILES string of the molecule is C=CCc1c(O)c(C)c2ccc(=O)[nH]c2c1C. The Morgan fingerprint density at radius 3 is 2.71 bits per heavy atom. The lowest BCUT2D eigenvalue weighted by Crippen LogP contribution is -2.05. The van der Waals surface area contributed by atoms with E-state index < -0.39 is 0 Å². The second-order valence-electron chi connectivity index (χ2n) is 4.18. The molecule has 2 aromatic rings. The van der Waals surface area contributed by atoms with Crippen LogP contribution in [0.15, 0.2) is 29.6 Å². The second kappa shape index (κ2) is 4.09. The van der Waals surface area contributed by atoms with Crippen molar-refractivity contribution in [3.05, 3.63) is 51.8 Å². The van der Waals surface area contributed by atoms with Crippen LogP contribution in [0.5, 0.6) is 5.75 Å². The lowest BCUT2D eigenvalue weighted by Gasteiger charge is -2.13. The third-order valence-corrected chi connectivity index (χ3v) is 3.14. The number of fused-ring (bicyclic) bond motifs is 1. The molecule has 1 aromatic heterocycles. The van der Waals surface area contributed by atoms with E-state index >= 15 is 0 Å². The summed E-state index contributed by atoms with van der Waals surface area (Å²) in [5.41, 5.74) is 3.19. The molecule has 0 saturated heterocycles. The molecule has 0 aliphatic heterocycles. The number of nitrogens with one attached hydrogen (secondary N) is 1. The summed E-state index contributed by atoms with van der Waals surface area (Å²) in [4.78, 5) is 14.2. The Morgan fingerprint density at radius 1 is 1.35 bits per heavy atom. The largest absolute Gasteiger partial charge is 0.507 e. The average molecular weight is 229 g/mol. The molecule has 0 spiro atoms. The molecule has 0 amide bonds. The molecule has 17 heavy (non-hydrogen) atoms. The van der Waals surface area contributed by atoms with Crippen LogP contribution in [0.4, 0.5) is 0 Å². The van der Waals surface area contributed by atoms with Gasteiger partial charge in [-0.25, -0.2) is 0 Å². The molecule has 0 bridgehead atoms. The monoisotopic (exact) mass is 229 g/mol. The minimum Gasteiger partial charge on any atom is -0.507 e. The molecule has 0 fully saturated rings. The van der Waals surface area contributed by atoms with Gasteiger partial charge in [-0.3, -0.25) is 4.79 Å². The van der Waals surface area contributed by atoms with E-state index in [-0.39, 0.29) is 5.56 Å². The number of phenolic OH excluding ortho intramolecular Hbond substituents is 1. The van der Waals surface area contributed by atoms with Gasteiger partial charge in [-0.05, 0) is 31.9 Å². The van der Waals surface area contributed by atoms with Crippen LogP contribution in [0.3, 0.4) is 0 Å². The molecule has 3 nitrogen and oxygen atoms in total. The summed E-state index contributed by atoms with van der Waals surface area (Å²) in [5.74, 6) is 0.293. The highest BCUT2D eigenvalue weighted by atomic mass is 16.3. The van der Waals surface area contributed by atoms with Gasteiger partial charge in [-0.2, -0.15) is 0 Å². The lowest BCUT2D eigenvalue weighted by molar-refractivity contribution is 0.466. The molecule has 0 aliphatic rings. The van der Waals surface area contributed by atoms with Crippen molar-refractivity contribution < 1.29 is 5.11 Å². The van der Waals surface area contributed by atoms with Crippen molar-refractivity contribution in [3.63, 3.8) is 0 Å². The van der Waals surface area contributed by atoms with Gasteiger partial charge < -0.3 is 10.1 Å². The van der Waals surface area contributed by atoms with E-state index in [1.165, 1.54) is 6.07 Å². The molecule has 0 radical (unpaired) electrons. The minimum atomic E-state index is -0.129. The van der Waals surface area contributed by atoms with Crippen molar-refractivity contribution in [2.45, 2.75) is 20.3 Å². The third kappa shape index (κ3) is 1.73. The van der Waals surface area contributed by atoms with Gasteiger partial charge in [0.15, 0.2) is 0 Å². The Balaban J connectivity index is 2.94. The summed E-state index contributed by atoms with van der Waals surface area (Å²) in [5, 5.41) is 11.0. The van der Waals surface area contributed by atoms with Crippen molar-refractivity contribution in [2.24, 2.45) is 0 Å². The van der Waals surface area contributed by atoms with Gasteiger partial charge in [0.1, 0.15) is 5.75 Å². The maximum atomic E-state index is 11.4. The van der Waals surface area contributed by atoms with Crippen molar-refractivity contribution in [3.8, 4) is 5.75 Å². The fraction of sp³-hybridized carbons (Fsp3) is 0.214. The topological polar surface area (TPSA) is 53.1 Å². The lowest BCUT2D eigenvalue weighted by atomic mass is 9.96. The van der Waals surface area contributed by atoms with E-state index in [0.717, 1.165) is 27.6 Å². The molecule has 2 rings (SSSR count). The molecular weight excluding hydrogens is 214 g/mol. The van der Waals surface area contributed by atoms with E-state index in [2.05, 4.69) is 11.6 Å². The predicted molar refractivity (Wildman–Crippen MR) is 69.6 cm³/mol. The summed E-state index contributed by atoms with van der Waals surface area (Å²) >= 11 is 0. The van der Waals surface area contributed by atoms with Crippen molar-refractivity contribution >= 4 is 10.9 Å². The molecule has 0 unspecified atom stereocenters. The van der Waals surface area contributed by atoms with Crippen LogP contribution in [0.2, 0.25) is 0 Å². The zero-order valence-corrected chi connectivity index (χ0v) is 10.0. The van der Waals surface area contributed by atoms with Gasteiger partial charge in [0.25, 0.3) is 0 Å². The molecule has 0 saturated carbocycles. The average Bonchev–Trinajstić information content (AvgIpc) is 2.32. The summed E-state index contributed by atoms with van der Waals surface area (Å²) in [6.07, 6.45) is 2.33. The van der Waals surface area contributed by atoms with Gasteiger partial charge in [0, 0.05) is 22.6 Å². The number of aryl methyl sites for hydroxylation is 2. The fourth-order valence-electron chi connectivity index (χ4n) is 2.16. The Hall–Kier alpha value is -2.03. The van der Waals surface area contributed by atoms with Crippen molar-refractivity contribution in [1.82, 2.24) is 4.98 Å². The first kappa shape index (κ1) is 11.5. The summed E-state index contributed by atoms with van der Waals surface area (Å²) in [6, 6.07) is 3.22. The minimum absolute atomic E-state index is 0.129. The summed E-state index contributed by atoms with van der Waals surface area (Å²) in [6.45, 7) is 7.43. The molecule has 1 heterocycles. The van der Waals surface area contributed by atoms with Crippen molar-refractivity contribution in [1.29, 1.82) is 0 Å². The molecule has 0 atom stereocenters. The molecule has 0 aliphatic carbocycles. The maximum absolute atomic E-state index is 11.4. The maximum Gasteiger partial charge on any atom is 0.248 e. The Bertz CT molecular complexity index is 653. The highest BCUT2D eigenvalue weighted by Gasteiger charge is 2.13. The van der Waals surface area contributed by atoms with Crippen LogP contribution in [-0.2, 0) is 6.42 Å². The molecular formula is C14H15NO2. The summed E-state index contributed by atoms with van der Waals surface area (Å²) in [7, 11) is 0. The molecule has 1 aromatic carbocycles. The van der Waals surface area contributed by atoms with Gasteiger partial charge in [0.05, 0.1) is 5.52 Å². The third-order valence-electron chi connectivity index (χ3n) is 3.14. The van der Waals surface area contributed by atoms with E-state index in [4.69, 9.17) is 0 Å².